The van der Waals surface area contributed by atoms with Crippen molar-refractivity contribution in [3.63, 3.8) is 0 Å². The topological polar surface area (TPSA) is 50.8 Å². The third-order valence-electron chi connectivity index (χ3n) is 9.83. The maximum atomic E-state index is 10.1. The number of allylic oxidation sites excluding steroid dienone is 5. The second-order valence-electron chi connectivity index (χ2n) is 12.5. The Morgan fingerprint density at radius 2 is 1.18 bits per heavy atom. The van der Waals surface area contributed by atoms with Crippen LogP contribution in [0.4, 0.5) is 17.1 Å². The largest absolute Gasteiger partial charge is 0.310 e. The molecule has 3 nitrogen and oxygen atoms in total. The van der Waals surface area contributed by atoms with E-state index in [9.17, 15) is 10.5 Å². The number of nitriles is 2. The quantitative estimate of drug-likeness (QED) is 0.179. The highest BCUT2D eigenvalue weighted by atomic mass is 15.2. The maximum Gasteiger partial charge on any atom is 0.0991 e. The lowest BCUT2D eigenvalue weighted by atomic mass is 9.64. The van der Waals surface area contributed by atoms with Crippen LogP contribution in [-0.4, -0.2) is 0 Å². The molecule has 8 rings (SSSR count). The van der Waals surface area contributed by atoms with Gasteiger partial charge in [-0.1, -0.05) is 110 Å². The van der Waals surface area contributed by atoms with Crippen LogP contribution < -0.4 is 4.90 Å². The van der Waals surface area contributed by atoms with E-state index in [-0.39, 0.29) is 0 Å². The van der Waals surface area contributed by atoms with Crippen molar-refractivity contribution in [2.24, 2.45) is 0 Å². The lowest BCUT2D eigenvalue weighted by Gasteiger charge is -2.45. The van der Waals surface area contributed by atoms with Crippen molar-refractivity contribution in [1.82, 2.24) is 0 Å². The molecule has 1 heterocycles. The zero-order valence-corrected chi connectivity index (χ0v) is 27.1. The van der Waals surface area contributed by atoms with Gasteiger partial charge in [0.2, 0.25) is 0 Å². The van der Waals surface area contributed by atoms with Crippen molar-refractivity contribution >= 4 is 22.6 Å². The number of hydrogen-bond acceptors (Lipinski definition) is 3. The summed E-state index contributed by atoms with van der Waals surface area (Å²) in [5.41, 5.74) is 14.6. The molecule has 0 bridgehead atoms. The summed E-state index contributed by atoms with van der Waals surface area (Å²) in [4.78, 5) is 2.37. The fourth-order valence-electron chi connectivity index (χ4n) is 7.71. The fraction of sp³-hybridized carbons (Fsp3) is 0.0435. The van der Waals surface area contributed by atoms with Gasteiger partial charge in [-0.15, -0.1) is 0 Å². The zero-order valence-electron chi connectivity index (χ0n) is 27.1. The second kappa shape index (κ2) is 11.8. The number of rotatable bonds is 5. The molecule has 0 saturated heterocycles. The van der Waals surface area contributed by atoms with Gasteiger partial charge in [-0.3, -0.25) is 0 Å². The van der Waals surface area contributed by atoms with Crippen LogP contribution >= 0.6 is 0 Å². The first-order valence-electron chi connectivity index (χ1n) is 16.3. The van der Waals surface area contributed by atoms with E-state index in [1.54, 1.807) is 6.08 Å². The first kappa shape index (κ1) is 29.7. The summed E-state index contributed by atoms with van der Waals surface area (Å²) in [5.74, 6) is 0. The van der Waals surface area contributed by atoms with Gasteiger partial charge in [0.1, 0.15) is 0 Å². The van der Waals surface area contributed by atoms with Crippen molar-refractivity contribution in [2.75, 3.05) is 4.90 Å². The molecular weight excluding hydrogens is 595 g/mol. The number of benzene rings is 6. The summed E-state index contributed by atoms with van der Waals surface area (Å²) in [5, 5.41) is 20.2. The Morgan fingerprint density at radius 3 is 1.76 bits per heavy atom. The molecular formula is C46H31N3. The van der Waals surface area contributed by atoms with E-state index in [1.165, 1.54) is 0 Å². The molecule has 1 aliphatic carbocycles. The zero-order chi connectivity index (χ0) is 33.5. The van der Waals surface area contributed by atoms with Gasteiger partial charge in [0, 0.05) is 5.69 Å². The highest BCUT2D eigenvalue weighted by Crippen LogP contribution is 2.63. The van der Waals surface area contributed by atoms with Crippen molar-refractivity contribution in [1.29, 1.82) is 10.5 Å². The first-order valence-corrected chi connectivity index (χ1v) is 16.3. The highest BCUT2D eigenvalue weighted by Gasteiger charge is 2.52. The standard InChI is InChI=1S/C46H31N3/c1-3-4-6-13-31(2)35-26-36(34-14-7-5-8-15-34)28-37(27-35)49-44-18-11-9-16-40(44)46(41-17-10-12-19-45(41)49)42-24-32(29-47)20-22-38(42)39-23-21-33(30-48)25-43(39)46/h3-28H,1H2,2H3/b6-4-,31-13+. The second-order valence-corrected chi connectivity index (χ2v) is 12.5. The molecule has 1 aliphatic heterocycles. The molecule has 6 aromatic carbocycles. The van der Waals surface area contributed by atoms with E-state index < -0.39 is 5.41 Å². The number of fused-ring (bicyclic) bond motifs is 9. The molecule has 230 valence electrons. The smallest absolute Gasteiger partial charge is 0.0991 e. The molecule has 0 fully saturated rings. The Kier molecular flexibility index (Phi) is 7.18. The summed E-state index contributed by atoms with van der Waals surface area (Å²) >= 11 is 0. The van der Waals surface area contributed by atoms with Crippen molar-refractivity contribution < 1.29 is 0 Å². The van der Waals surface area contributed by atoms with Crippen LogP contribution in [0.2, 0.25) is 0 Å². The van der Waals surface area contributed by atoms with Gasteiger partial charge in [0.05, 0.1) is 40.1 Å². The summed E-state index contributed by atoms with van der Waals surface area (Å²) in [6.07, 6.45) is 7.86. The Labute approximate surface area is 287 Å². The van der Waals surface area contributed by atoms with Gasteiger partial charge in [-0.2, -0.15) is 10.5 Å². The van der Waals surface area contributed by atoms with Gasteiger partial charge >= 0.3 is 0 Å². The van der Waals surface area contributed by atoms with E-state index in [0.29, 0.717) is 11.1 Å². The van der Waals surface area contributed by atoms with Crippen LogP contribution in [0.1, 0.15) is 45.9 Å². The van der Waals surface area contributed by atoms with Crippen LogP contribution in [0.25, 0.3) is 27.8 Å². The number of anilines is 3. The average Bonchev–Trinajstić information content (AvgIpc) is 3.44. The normalized spacial score (nSPS) is 13.6. The Hall–Kier alpha value is -6.68. The van der Waals surface area contributed by atoms with Crippen LogP contribution in [0, 0.1) is 22.7 Å². The maximum absolute atomic E-state index is 10.1. The number of nitrogens with zero attached hydrogens (tertiary/aromatic N) is 3. The predicted octanol–water partition coefficient (Wildman–Crippen LogP) is 11.4. The van der Waals surface area contributed by atoms with E-state index >= 15 is 0 Å². The highest BCUT2D eigenvalue weighted by molar-refractivity contribution is 5.97. The average molecular weight is 626 g/mol. The Balaban J connectivity index is 1.46. The molecule has 0 N–H and O–H groups in total. The summed E-state index contributed by atoms with van der Waals surface area (Å²) in [7, 11) is 0. The minimum atomic E-state index is -0.737. The molecule has 49 heavy (non-hydrogen) atoms. The molecule has 0 aromatic heterocycles. The molecule has 6 aromatic rings. The molecule has 0 saturated carbocycles. The lowest BCUT2D eigenvalue weighted by molar-refractivity contribution is 0.752. The lowest BCUT2D eigenvalue weighted by Crippen LogP contribution is -2.36. The van der Waals surface area contributed by atoms with Gasteiger partial charge in [-0.25, -0.2) is 0 Å². The number of para-hydroxylation sites is 2. The monoisotopic (exact) mass is 625 g/mol. The first-order chi connectivity index (χ1) is 24.1. The van der Waals surface area contributed by atoms with E-state index in [2.05, 4.69) is 140 Å². The third-order valence-corrected chi connectivity index (χ3v) is 9.83. The van der Waals surface area contributed by atoms with E-state index in [1.807, 2.05) is 42.5 Å². The molecule has 0 atom stereocenters. The minimum Gasteiger partial charge on any atom is -0.310 e. The van der Waals surface area contributed by atoms with Crippen molar-refractivity contribution in [3.8, 4) is 34.4 Å². The van der Waals surface area contributed by atoms with Crippen molar-refractivity contribution in [3.05, 3.63) is 203 Å². The van der Waals surface area contributed by atoms with Gasteiger partial charge in [-0.05, 0) is 117 Å². The summed E-state index contributed by atoms with van der Waals surface area (Å²) in [6.45, 7) is 5.96. The molecule has 0 unspecified atom stereocenters. The van der Waals surface area contributed by atoms with Gasteiger partial charge in [0.15, 0.2) is 0 Å². The predicted molar refractivity (Wildman–Crippen MR) is 200 cm³/mol. The summed E-state index contributed by atoms with van der Waals surface area (Å²) in [6, 6.07) is 51.3. The molecule has 3 heteroatoms. The van der Waals surface area contributed by atoms with Crippen LogP contribution in [0.15, 0.2) is 164 Å². The van der Waals surface area contributed by atoms with Crippen LogP contribution in [0.3, 0.4) is 0 Å². The van der Waals surface area contributed by atoms with E-state index in [4.69, 9.17) is 0 Å². The SMILES string of the molecule is C=C/C=C\C=C(/C)c1cc(-c2ccccc2)cc(N2c3ccccc3C3(c4cc(C#N)ccc4-c4ccc(C#N)cc43)c3ccccc32)c1. The molecule has 0 radical (unpaired) electrons. The van der Waals surface area contributed by atoms with Gasteiger partial charge < -0.3 is 4.90 Å². The number of hydrogen-bond donors (Lipinski definition) is 0. The Bertz CT molecular complexity index is 2340. The molecule has 1 spiro atoms. The third kappa shape index (κ3) is 4.56. The summed E-state index contributed by atoms with van der Waals surface area (Å²) < 4.78 is 0. The van der Waals surface area contributed by atoms with Crippen LogP contribution in [0.5, 0.6) is 0 Å². The minimum absolute atomic E-state index is 0.608. The Morgan fingerprint density at radius 1 is 0.612 bits per heavy atom. The molecule has 2 aliphatic rings. The van der Waals surface area contributed by atoms with E-state index in [0.717, 1.165) is 72.7 Å². The van der Waals surface area contributed by atoms with Crippen LogP contribution in [-0.2, 0) is 5.41 Å². The van der Waals surface area contributed by atoms with Crippen molar-refractivity contribution in [2.45, 2.75) is 12.3 Å². The van der Waals surface area contributed by atoms with Gasteiger partial charge in [0.25, 0.3) is 0 Å². The fourth-order valence-corrected chi connectivity index (χ4v) is 7.71. The molecule has 0 amide bonds.